The van der Waals surface area contributed by atoms with E-state index >= 15 is 0 Å². The van der Waals surface area contributed by atoms with Gasteiger partial charge < -0.3 is 10.2 Å². The topological polar surface area (TPSA) is 58.1 Å². The lowest BCUT2D eigenvalue weighted by Gasteiger charge is -2.15. The van der Waals surface area contributed by atoms with E-state index < -0.39 is 0 Å². The van der Waals surface area contributed by atoms with Gasteiger partial charge in [-0.25, -0.2) is 0 Å². The fourth-order valence-electron chi connectivity index (χ4n) is 1.78. The molecule has 0 aliphatic carbocycles. The smallest absolute Gasteiger partial charge is 0.219 e. The van der Waals surface area contributed by atoms with Crippen LogP contribution in [0.5, 0.6) is 0 Å². The number of hydrogen-bond donors (Lipinski definition) is 1. The quantitative estimate of drug-likeness (QED) is 0.903. The summed E-state index contributed by atoms with van der Waals surface area (Å²) >= 11 is 0. The molecule has 5 heteroatoms. The Hall–Kier alpha value is -2.43. The van der Waals surface area contributed by atoms with Crippen LogP contribution in [0.2, 0.25) is 0 Å². The van der Waals surface area contributed by atoms with E-state index in [4.69, 9.17) is 0 Å². The van der Waals surface area contributed by atoms with E-state index in [2.05, 4.69) is 15.3 Å². The van der Waals surface area contributed by atoms with E-state index in [1.165, 1.54) is 0 Å². The molecule has 20 heavy (non-hydrogen) atoms. The summed E-state index contributed by atoms with van der Waals surface area (Å²) in [4.78, 5) is 21.2. The van der Waals surface area contributed by atoms with Crippen LogP contribution < -0.4 is 5.32 Å². The number of nitrogens with zero attached hydrogens (tertiary/aromatic N) is 3. The molecule has 1 amide bonds. The Labute approximate surface area is 118 Å². The van der Waals surface area contributed by atoms with Crippen molar-refractivity contribution < 1.29 is 4.79 Å². The van der Waals surface area contributed by atoms with Gasteiger partial charge >= 0.3 is 0 Å². The molecule has 0 atom stereocenters. The first-order valence-corrected chi connectivity index (χ1v) is 6.44. The lowest BCUT2D eigenvalue weighted by atomic mass is 10.2. The molecule has 0 fully saturated rings. The van der Waals surface area contributed by atoms with Crippen molar-refractivity contribution in [3.05, 3.63) is 54.1 Å². The van der Waals surface area contributed by atoms with Crippen LogP contribution in [0.1, 0.15) is 18.2 Å². The third kappa shape index (κ3) is 4.05. The first kappa shape index (κ1) is 14.0. The van der Waals surface area contributed by atoms with Gasteiger partial charge in [0.2, 0.25) is 5.91 Å². The van der Waals surface area contributed by atoms with Gasteiger partial charge in [-0.3, -0.25) is 14.8 Å². The SMILES string of the molecule is CC(=O)N(C)Cc1cccc(NCc2cnccn2)c1. The van der Waals surface area contributed by atoms with Crippen molar-refractivity contribution in [2.45, 2.75) is 20.0 Å². The molecule has 1 aromatic heterocycles. The molecule has 0 saturated heterocycles. The maximum absolute atomic E-state index is 11.2. The van der Waals surface area contributed by atoms with Gasteiger partial charge in [0.05, 0.1) is 18.4 Å². The molecule has 1 aromatic carbocycles. The molecule has 0 aliphatic heterocycles. The fourth-order valence-corrected chi connectivity index (χ4v) is 1.78. The molecule has 104 valence electrons. The monoisotopic (exact) mass is 270 g/mol. The third-order valence-corrected chi connectivity index (χ3v) is 2.97. The molecule has 2 rings (SSSR count). The molecular formula is C15H18N4O. The molecule has 0 unspecified atom stereocenters. The van der Waals surface area contributed by atoms with Gasteiger partial charge in [0, 0.05) is 38.6 Å². The van der Waals surface area contributed by atoms with Crippen molar-refractivity contribution in [3.63, 3.8) is 0 Å². The highest BCUT2D eigenvalue weighted by Gasteiger charge is 2.04. The van der Waals surface area contributed by atoms with E-state index in [1.807, 2.05) is 24.3 Å². The molecule has 0 saturated carbocycles. The molecule has 0 radical (unpaired) electrons. The number of anilines is 1. The number of nitrogens with one attached hydrogen (secondary N) is 1. The molecule has 0 aliphatic rings. The summed E-state index contributed by atoms with van der Waals surface area (Å²) in [5, 5.41) is 3.30. The minimum atomic E-state index is 0.0583. The molecule has 0 bridgehead atoms. The second-order valence-corrected chi connectivity index (χ2v) is 4.63. The van der Waals surface area contributed by atoms with Gasteiger partial charge in [0.1, 0.15) is 0 Å². The van der Waals surface area contributed by atoms with E-state index in [1.54, 1.807) is 37.5 Å². The summed E-state index contributed by atoms with van der Waals surface area (Å²) in [5.74, 6) is 0.0583. The van der Waals surface area contributed by atoms with Crippen LogP contribution in [0.25, 0.3) is 0 Å². The van der Waals surface area contributed by atoms with Crippen molar-refractivity contribution >= 4 is 11.6 Å². The average Bonchev–Trinajstić information content (AvgIpc) is 2.46. The van der Waals surface area contributed by atoms with E-state index in [9.17, 15) is 4.79 Å². The van der Waals surface area contributed by atoms with Crippen molar-refractivity contribution in [1.29, 1.82) is 0 Å². The van der Waals surface area contributed by atoms with Crippen LogP contribution in [0.4, 0.5) is 5.69 Å². The number of aromatic nitrogens is 2. The molecule has 2 aromatic rings. The van der Waals surface area contributed by atoms with Crippen molar-refractivity contribution in [3.8, 4) is 0 Å². The lowest BCUT2D eigenvalue weighted by Crippen LogP contribution is -2.23. The highest BCUT2D eigenvalue weighted by Crippen LogP contribution is 2.13. The first-order valence-electron chi connectivity index (χ1n) is 6.44. The Morgan fingerprint density at radius 2 is 2.20 bits per heavy atom. The number of amides is 1. The standard InChI is InChI=1S/C15H18N4O/c1-12(20)19(2)11-13-4-3-5-14(8-13)18-10-15-9-16-6-7-17-15/h3-9,18H,10-11H2,1-2H3. The van der Waals surface area contributed by atoms with Gasteiger partial charge in [0.15, 0.2) is 0 Å². The number of carbonyl (C=O) groups excluding carboxylic acids is 1. The predicted molar refractivity (Wildman–Crippen MR) is 77.9 cm³/mol. The van der Waals surface area contributed by atoms with Crippen LogP contribution in [-0.4, -0.2) is 27.8 Å². The Morgan fingerprint density at radius 3 is 2.90 bits per heavy atom. The fraction of sp³-hybridized carbons (Fsp3) is 0.267. The first-order chi connectivity index (χ1) is 9.65. The lowest BCUT2D eigenvalue weighted by molar-refractivity contribution is -0.128. The average molecular weight is 270 g/mol. The third-order valence-electron chi connectivity index (χ3n) is 2.97. The number of benzene rings is 1. The second kappa shape index (κ2) is 6.65. The molecule has 1 heterocycles. The number of rotatable bonds is 5. The molecule has 5 nitrogen and oxygen atoms in total. The Bertz CT molecular complexity index is 571. The highest BCUT2D eigenvalue weighted by atomic mass is 16.2. The van der Waals surface area contributed by atoms with Crippen molar-refractivity contribution in [2.24, 2.45) is 0 Å². The summed E-state index contributed by atoms with van der Waals surface area (Å²) in [6.07, 6.45) is 5.07. The maximum atomic E-state index is 11.2. The summed E-state index contributed by atoms with van der Waals surface area (Å²) in [6, 6.07) is 8.01. The predicted octanol–water partition coefficient (Wildman–Crippen LogP) is 2.07. The van der Waals surface area contributed by atoms with Crippen LogP contribution in [0.15, 0.2) is 42.9 Å². The van der Waals surface area contributed by atoms with E-state index in [0.29, 0.717) is 13.1 Å². The van der Waals surface area contributed by atoms with Crippen LogP contribution in [0, 0.1) is 0 Å². The van der Waals surface area contributed by atoms with Crippen molar-refractivity contribution in [1.82, 2.24) is 14.9 Å². The Kier molecular flexibility index (Phi) is 4.65. The molecular weight excluding hydrogens is 252 g/mol. The summed E-state index contributed by atoms with van der Waals surface area (Å²) in [5.41, 5.74) is 2.98. The van der Waals surface area contributed by atoms with Crippen LogP contribution >= 0.6 is 0 Å². The van der Waals surface area contributed by atoms with Gasteiger partial charge in [0.25, 0.3) is 0 Å². The van der Waals surface area contributed by atoms with E-state index in [-0.39, 0.29) is 5.91 Å². The van der Waals surface area contributed by atoms with Gasteiger partial charge in [-0.2, -0.15) is 0 Å². The minimum absolute atomic E-state index is 0.0583. The van der Waals surface area contributed by atoms with Crippen LogP contribution in [-0.2, 0) is 17.9 Å². The van der Waals surface area contributed by atoms with Gasteiger partial charge in [-0.15, -0.1) is 0 Å². The summed E-state index contributed by atoms with van der Waals surface area (Å²) in [7, 11) is 1.79. The molecule has 1 N–H and O–H groups in total. The van der Waals surface area contributed by atoms with Gasteiger partial charge in [-0.05, 0) is 17.7 Å². The zero-order valence-corrected chi connectivity index (χ0v) is 11.7. The largest absolute Gasteiger partial charge is 0.379 e. The van der Waals surface area contributed by atoms with E-state index in [0.717, 1.165) is 16.9 Å². The minimum Gasteiger partial charge on any atom is -0.379 e. The zero-order chi connectivity index (χ0) is 14.4. The maximum Gasteiger partial charge on any atom is 0.219 e. The number of hydrogen-bond acceptors (Lipinski definition) is 4. The highest BCUT2D eigenvalue weighted by molar-refractivity contribution is 5.72. The van der Waals surface area contributed by atoms with Crippen LogP contribution in [0.3, 0.4) is 0 Å². The summed E-state index contributed by atoms with van der Waals surface area (Å²) in [6.45, 7) is 2.80. The van der Waals surface area contributed by atoms with Crippen molar-refractivity contribution in [2.75, 3.05) is 12.4 Å². The van der Waals surface area contributed by atoms with Gasteiger partial charge in [-0.1, -0.05) is 12.1 Å². The number of carbonyl (C=O) groups is 1. The molecule has 0 spiro atoms. The Morgan fingerprint density at radius 1 is 1.35 bits per heavy atom. The summed E-state index contributed by atoms with van der Waals surface area (Å²) < 4.78 is 0. The zero-order valence-electron chi connectivity index (χ0n) is 11.7. The second-order valence-electron chi connectivity index (χ2n) is 4.63. The normalized spacial score (nSPS) is 10.1. The Balaban J connectivity index is 1.97.